The highest BCUT2D eigenvalue weighted by molar-refractivity contribution is 5.57. The van der Waals surface area contributed by atoms with Crippen molar-refractivity contribution in [3.8, 4) is 23.0 Å². The molecule has 0 unspecified atom stereocenters. The number of benzene rings is 4. The van der Waals surface area contributed by atoms with Gasteiger partial charge in [0.2, 0.25) is 0 Å². The van der Waals surface area contributed by atoms with Gasteiger partial charge in [-0.1, -0.05) is 88.4 Å². The molecule has 5 rings (SSSR count). The third kappa shape index (κ3) is 10.1. The Bertz CT molecular complexity index is 1510. The number of fused-ring (bicyclic) bond motifs is 8. The van der Waals surface area contributed by atoms with Crippen LogP contribution < -0.4 is 18.9 Å². The summed E-state index contributed by atoms with van der Waals surface area (Å²) < 4.78 is 26.7. The van der Waals surface area contributed by atoms with Gasteiger partial charge in [0.05, 0.1) is 26.4 Å². The SMILES string of the molecule is CCCOc1c2cccc1Cc1cc(CCCO)cc(c1OCCC)Cc1cccc(c1OCCC)Cc1cc(CCCO)cc(c1OCCC)C2. The molecule has 6 heteroatoms. The van der Waals surface area contributed by atoms with Crippen LogP contribution in [-0.4, -0.2) is 49.9 Å². The van der Waals surface area contributed by atoms with E-state index in [1.54, 1.807) is 0 Å². The Labute approximate surface area is 312 Å². The zero-order valence-electron chi connectivity index (χ0n) is 32.0. The monoisotopic (exact) mass is 708 g/mol. The Kier molecular flexibility index (Phi) is 15.3. The molecule has 0 spiro atoms. The van der Waals surface area contributed by atoms with Crippen LogP contribution in [-0.2, 0) is 38.5 Å². The molecule has 0 aliphatic heterocycles. The fourth-order valence-corrected chi connectivity index (χ4v) is 7.25. The van der Waals surface area contributed by atoms with Crippen LogP contribution in [0.25, 0.3) is 0 Å². The van der Waals surface area contributed by atoms with Gasteiger partial charge in [-0.05, 0) is 107 Å². The number of ether oxygens (including phenoxy) is 4. The summed E-state index contributed by atoms with van der Waals surface area (Å²) in [6.45, 7) is 11.4. The Morgan fingerprint density at radius 1 is 0.423 bits per heavy atom. The number of aliphatic hydroxyl groups is 2. The predicted molar refractivity (Wildman–Crippen MR) is 211 cm³/mol. The summed E-state index contributed by atoms with van der Waals surface area (Å²) in [4.78, 5) is 0. The maximum Gasteiger partial charge on any atom is 0.126 e. The second kappa shape index (κ2) is 20.3. The molecule has 52 heavy (non-hydrogen) atoms. The van der Waals surface area contributed by atoms with Gasteiger partial charge in [-0.2, -0.15) is 0 Å². The van der Waals surface area contributed by atoms with E-state index in [2.05, 4.69) is 88.4 Å². The number of hydrogen-bond donors (Lipinski definition) is 2. The minimum atomic E-state index is 0.151. The average Bonchev–Trinajstić information content (AvgIpc) is 3.14. The topological polar surface area (TPSA) is 77.4 Å². The van der Waals surface area contributed by atoms with Crippen LogP contribution in [0, 0.1) is 0 Å². The lowest BCUT2D eigenvalue weighted by Gasteiger charge is -2.24. The third-order valence-corrected chi connectivity index (χ3v) is 9.53. The molecule has 6 nitrogen and oxygen atoms in total. The lowest BCUT2D eigenvalue weighted by Crippen LogP contribution is -2.11. The maximum atomic E-state index is 9.79. The molecule has 0 heterocycles. The highest BCUT2D eigenvalue weighted by Crippen LogP contribution is 2.40. The first-order valence-electron chi connectivity index (χ1n) is 19.8. The van der Waals surface area contributed by atoms with Crippen molar-refractivity contribution in [1.29, 1.82) is 0 Å². The van der Waals surface area contributed by atoms with Crippen molar-refractivity contribution in [3.63, 3.8) is 0 Å². The van der Waals surface area contributed by atoms with Crippen LogP contribution in [0.2, 0.25) is 0 Å². The van der Waals surface area contributed by atoms with E-state index in [1.807, 2.05) is 0 Å². The van der Waals surface area contributed by atoms with Crippen molar-refractivity contribution >= 4 is 0 Å². The van der Waals surface area contributed by atoms with E-state index in [0.29, 0.717) is 65.0 Å². The first kappa shape index (κ1) is 39.2. The van der Waals surface area contributed by atoms with Crippen molar-refractivity contribution < 1.29 is 29.2 Å². The van der Waals surface area contributed by atoms with Crippen molar-refractivity contribution in [1.82, 2.24) is 0 Å². The van der Waals surface area contributed by atoms with Crippen molar-refractivity contribution in [2.75, 3.05) is 39.6 Å². The van der Waals surface area contributed by atoms with E-state index in [1.165, 1.54) is 11.1 Å². The van der Waals surface area contributed by atoms with Crippen molar-refractivity contribution in [3.05, 3.63) is 116 Å². The summed E-state index contributed by atoms with van der Waals surface area (Å²) in [5.41, 5.74) is 11.5. The third-order valence-electron chi connectivity index (χ3n) is 9.53. The minimum absolute atomic E-state index is 0.151. The summed E-state index contributed by atoms with van der Waals surface area (Å²) in [5, 5.41) is 19.6. The molecule has 0 fully saturated rings. The molecule has 1 aliphatic carbocycles. The molecule has 8 bridgehead atoms. The van der Waals surface area contributed by atoms with Crippen LogP contribution in [0.3, 0.4) is 0 Å². The molecule has 0 radical (unpaired) electrons. The van der Waals surface area contributed by atoms with Gasteiger partial charge < -0.3 is 29.2 Å². The number of aliphatic hydroxyl groups excluding tert-OH is 2. The van der Waals surface area contributed by atoms with Gasteiger partial charge in [0, 0.05) is 38.9 Å². The number of hydrogen-bond acceptors (Lipinski definition) is 6. The molecule has 0 aromatic heterocycles. The van der Waals surface area contributed by atoms with Gasteiger partial charge in [-0.25, -0.2) is 0 Å². The van der Waals surface area contributed by atoms with E-state index < -0.39 is 0 Å². The lowest BCUT2D eigenvalue weighted by atomic mass is 9.89. The van der Waals surface area contributed by atoms with Gasteiger partial charge in [-0.15, -0.1) is 0 Å². The fraction of sp³-hybridized carbons (Fsp3) is 0.478. The molecule has 2 N–H and O–H groups in total. The summed E-state index contributed by atoms with van der Waals surface area (Å²) in [6, 6.07) is 22.2. The Morgan fingerprint density at radius 2 is 0.692 bits per heavy atom. The first-order valence-corrected chi connectivity index (χ1v) is 19.8. The van der Waals surface area contributed by atoms with Gasteiger partial charge in [0.1, 0.15) is 23.0 Å². The Hall–Kier alpha value is -4.00. The zero-order valence-corrected chi connectivity index (χ0v) is 32.0. The molecule has 1 aliphatic rings. The van der Waals surface area contributed by atoms with E-state index in [9.17, 15) is 10.2 Å². The van der Waals surface area contributed by atoms with Gasteiger partial charge in [0.15, 0.2) is 0 Å². The Morgan fingerprint density at radius 3 is 0.942 bits per heavy atom. The van der Waals surface area contributed by atoms with Crippen LogP contribution in [0.5, 0.6) is 23.0 Å². The second-order valence-corrected chi connectivity index (χ2v) is 14.1. The highest BCUT2D eigenvalue weighted by Gasteiger charge is 2.23. The minimum Gasteiger partial charge on any atom is -0.493 e. The van der Waals surface area contributed by atoms with E-state index in [0.717, 1.165) is 106 Å². The summed E-state index contributed by atoms with van der Waals surface area (Å²) in [6.07, 6.45) is 9.25. The van der Waals surface area contributed by atoms with Crippen molar-refractivity contribution in [2.45, 2.75) is 105 Å². The quantitative estimate of drug-likeness (QED) is 0.0945. The van der Waals surface area contributed by atoms with Crippen molar-refractivity contribution in [2.24, 2.45) is 0 Å². The molecule has 4 aromatic carbocycles. The largest absolute Gasteiger partial charge is 0.493 e. The normalized spacial score (nSPS) is 12.4. The highest BCUT2D eigenvalue weighted by atomic mass is 16.5. The standard InChI is InChI=1S/C46H60O6/c1-5-21-49-43-35-15-9-16-36(43)30-40-26-34(14-12-20-48)28-42(46(40)52-24-8-4)32-38-18-10-17-37(44(38)50-22-6-2)31-41-27-33(13-11-19-47)25-39(29-35)45(41)51-23-7-3/h9-10,15-18,25-28,47-48H,5-8,11-14,19-24,29-32H2,1-4H3. The van der Waals surface area contributed by atoms with E-state index in [-0.39, 0.29) is 13.2 Å². The molecule has 280 valence electrons. The first-order chi connectivity index (χ1) is 25.5. The Balaban J connectivity index is 1.81. The molecule has 0 atom stereocenters. The van der Waals surface area contributed by atoms with Gasteiger partial charge in [-0.3, -0.25) is 0 Å². The number of aryl methyl sites for hydroxylation is 2. The molecule has 0 saturated carbocycles. The van der Waals surface area contributed by atoms with Crippen LogP contribution >= 0.6 is 0 Å². The summed E-state index contributed by atoms with van der Waals surface area (Å²) in [5.74, 6) is 3.75. The van der Waals surface area contributed by atoms with Crippen LogP contribution in [0.15, 0.2) is 60.7 Å². The summed E-state index contributed by atoms with van der Waals surface area (Å²) in [7, 11) is 0. The lowest BCUT2D eigenvalue weighted by molar-refractivity contribution is 0.288. The van der Waals surface area contributed by atoms with Crippen LogP contribution in [0.4, 0.5) is 0 Å². The number of para-hydroxylation sites is 2. The second-order valence-electron chi connectivity index (χ2n) is 14.1. The van der Waals surface area contributed by atoms with Gasteiger partial charge >= 0.3 is 0 Å². The zero-order chi connectivity index (χ0) is 36.7. The fourth-order valence-electron chi connectivity index (χ4n) is 7.25. The molecule has 0 saturated heterocycles. The molecular formula is C46H60O6. The van der Waals surface area contributed by atoms with Gasteiger partial charge in [0.25, 0.3) is 0 Å². The van der Waals surface area contributed by atoms with E-state index in [4.69, 9.17) is 18.9 Å². The summed E-state index contributed by atoms with van der Waals surface area (Å²) >= 11 is 0. The van der Waals surface area contributed by atoms with E-state index >= 15 is 0 Å². The molecule has 4 aromatic rings. The van der Waals surface area contributed by atoms with Crippen LogP contribution in [0.1, 0.15) is 122 Å². The maximum absolute atomic E-state index is 9.79. The average molecular weight is 709 g/mol. The molecular weight excluding hydrogens is 649 g/mol. The molecule has 0 amide bonds. The number of rotatable bonds is 18. The smallest absolute Gasteiger partial charge is 0.126 e. The predicted octanol–water partition coefficient (Wildman–Crippen LogP) is 9.37.